The lowest BCUT2D eigenvalue weighted by atomic mass is 10.1. The monoisotopic (exact) mass is 595 g/mol. The maximum Gasteiger partial charge on any atom is 0.416 e. The number of esters is 1. The number of benzene rings is 4. The van der Waals surface area contributed by atoms with Gasteiger partial charge in [0.15, 0.2) is 11.5 Å². The van der Waals surface area contributed by atoms with Crippen molar-refractivity contribution < 1.29 is 37.0 Å². The molecule has 0 unspecified atom stereocenters. The van der Waals surface area contributed by atoms with Crippen LogP contribution in [-0.4, -0.2) is 31.1 Å². The largest absolute Gasteiger partial charge is 0.493 e. The van der Waals surface area contributed by atoms with E-state index in [4.69, 9.17) is 21.1 Å². The van der Waals surface area contributed by atoms with E-state index in [1.807, 2.05) is 0 Å². The number of alkyl halides is 3. The molecule has 0 spiro atoms. The summed E-state index contributed by atoms with van der Waals surface area (Å²) in [5, 5.41) is 6.87. The summed E-state index contributed by atoms with van der Waals surface area (Å²) < 4.78 is 49.6. The molecule has 0 fully saturated rings. The highest BCUT2D eigenvalue weighted by molar-refractivity contribution is 6.30. The average molecular weight is 596 g/mol. The highest BCUT2D eigenvalue weighted by atomic mass is 35.5. The molecule has 0 atom stereocenters. The third-order valence-electron chi connectivity index (χ3n) is 5.68. The van der Waals surface area contributed by atoms with E-state index in [0.29, 0.717) is 16.1 Å². The Morgan fingerprint density at radius 1 is 0.810 bits per heavy atom. The normalized spacial score (nSPS) is 11.2. The second-order valence-corrected chi connectivity index (χ2v) is 9.06. The lowest BCUT2D eigenvalue weighted by Gasteiger charge is -2.10. The van der Waals surface area contributed by atoms with Crippen molar-refractivity contribution in [1.29, 1.82) is 0 Å². The fourth-order valence-electron chi connectivity index (χ4n) is 3.60. The van der Waals surface area contributed by atoms with E-state index in [9.17, 15) is 27.6 Å². The van der Waals surface area contributed by atoms with Crippen LogP contribution in [0.2, 0.25) is 5.02 Å². The van der Waals surface area contributed by atoms with E-state index < -0.39 is 29.5 Å². The number of ether oxygens (including phenoxy) is 2. The number of amides is 2. The summed E-state index contributed by atoms with van der Waals surface area (Å²) >= 11 is 5.84. The minimum absolute atomic E-state index is 0.135. The van der Waals surface area contributed by atoms with E-state index in [1.54, 1.807) is 24.3 Å². The topological polar surface area (TPSA) is 106 Å². The molecule has 0 saturated heterocycles. The molecule has 8 nitrogen and oxygen atoms in total. The summed E-state index contributed by atoms with van der Waals surface area (Å²) in [5.41, 5.74) is 2.36. The first kappa shape index (κ1) is 29.8. The van der Waals surface area contributed by atoms with Crippen LogP contribution in [-0.2, 0) is 6.18 Å². The van der Waals surface area contributed by atoms with Gasteiger partial charge in [0.2, 0.25) is 0 Å². The van der Waals surface area contributed by atoms with Crippen molar-refractivity contribution in [2.45, 2.75) is 6.18 Å². The van der Waals surface area contributed by atoms with Crippen molar-refractivity contribution in [2.24, 2.45) is 5.10 Å². The molecule has 12 heteroatoms. The number of nitrogens with one attached hydrogen (secondary N) is 2. The maximum atomic E-state index is 13.0. The molecule has 4 rings (SSSR count). The number of rotatable bonds is 8. The summed E-state index contributed by atoms with van der Waals surface area (Å²) in [7, 11) is 1.40. The number of carbonyl (C=O) groups excluding carboxylic acids is 3. The molecule has 4 aromatic rings. The molecule has 0 radical (unpaired) electrons. The van der Waals surface area contributed by atoms with Crippen LogP contribution in [0.25, 0.3) is 0 Å². The van der Waals surface area contributed by atoms with E-state index in [1.165, 1.54) is 61.9 Å². The van der Waals surface area contributed by atoms with E-state index in [2.05, 4.69) is 15.8 Å². The molecule has 0 bridgehead atoms. The van der Waals surface area contributed by atoms with Crippen LogP contribution in [0.15, 0.2) is 96.1 Å². The Bertz CT molecular complexity index is 1660. The van der Waals surface area contributed by atoms with Crippen molar-refractivity contribution in [2.75, 3.05) is 12.4 Å². The average Bonchev–Trinajstić information content (AvgIpc) is 2.97. The minimum atomic E-state index is -4.59. The Morgan fingerprint density at radius 3 is 2.19 bits per heavy atom. The Labute approximate surface area is 242 Å². The standard InChI is InChI=1S/C30H21ClF3N3O5/c1-41-26-14-18(8-13-25(26)42-29(40)19-9-11-23(31)12-10-19)17-35-37-28(39)21-5-3-7-24(16-21)36-27(38)20-4-2-6-22(15-20)30(32,33)34/h2-17H,1H3,(H,36,38)(H,37,39). The van der Waals surface area contributed by atoms with Crippen molar-refractivity contribution in [3.05, 3.63) is 124 Å². The second-order valence-electron chi connectivity index (χ2n) is 8.62. The molecular formula is C30H21ClF3N3O5. The second kappa shape index (κ2) is 13.0. The summed E-state index contributed by atoms with van der Waals surface area (Å²) in [6.07, 6.45) is -3.25. The number of nitrogens with zero attached hydrogens (tertiary/aromatic N) is 1. The summed E-state index contributed by atoms with van der Waals surface area (Å²) in [6, 6.07) is 20.6. The smallest absolute Gasteiger partial charge is 0.416 e. The molecule has 2 N–H and O–H groups in total. The lowest BCUT2D eigenvalue weighted by Crippen LogP contribution is -2.18. The number of halogens is 4. The number of methoxy groups -OCH3 is 1. The van der Waals surface area contributed by atoms with Crippen LogP contribution >= 0.6 is 11.6 Å². The fourth-order valence-corrected chi connectivity index (χ4v) is 3.73. The number of hydrazone groups is 1. The van der Waals surface area contributed by atoms with Gasteiger partial charge in [0.1, 0.15) is 0 Å². The third-order valence-corrected chi connectivity index (χ3v) is 5.94. The van der Waals surface area contributed by atoms with Gasteiger partial charge >= 0.3 is 12.1 Å². The van der Waals surface area contributed by atoms with E-state index in [-0.39, 0.29) is 28.3 Å². The molecule has 0 aliphatic rings. The third kappa shape index (κ3) is 7.73. The van der Waals surface area contributed by atoms with Gasteiger partial charge in [0.25, 0.3) is 11.8 Å². The molecule has 0 aliphatic heterocycles. The van der Waals surface area contributed by atoms with Gasteiger partial charge in [-0.1, -0.05) is 23.7 Å². The van der Waals surface area contributed by atoms with Gasteiger partial charge in [-0.05, 0) is 84.4 Å². The lowest BCUT2D eigenvalue weighted by molar-refractivity contribution is -0.137. The number of anilines is 1. The van der Waals surface area contributed by atoms with Gasteiger partial charge in [-0.3, -0.25) is 9.59 Å². The molecule has 4 aromatic carbocycles. The van der Waals surface area contributed by atoms with Crippen LogP contribution in [0.5, 0.6) is 11.5 Å². The van der Waals surface area contributed by atoms with Gasteiger partial charge in [0, 0.05) is 21.8 Å². The molecule has 214 valence electrons. The van der Waals surface area contributed by atoms with E-state index in [0.717, 1.165) is 18.2 Å². The minimum Gasteiger partial charge on any atom is -0.493 e. The molecule has 0 saturated carbocycles. The molecule has 2 amide bonds. The zero-order valence-corrected chi connectivity index (χ0v) is 22.5. The summed E-state index contributed by atoms with van der Waals surface area (Å²) in [4.78, 5) is 37.5. The molecule has 0 aliphatic carbocycles. The molecule has 42 heavy (non-hydrogen) atoms. The predicted octanol–water partition coefficient (Wildman–Crippen LogP) is 6.60. The number of hydrogen-bond donors (Lipinski definition) is 2. The van der Waals surface area contributed by atoms with Crippen LogP contribution < -0.4 is 20.2 Å². The molecule has 0 aromatic heterocycles. The molecular weight excluding hydrogens is 575 g/mol. The van der Waals surface area contributed by atoms with Gasteiger partial charge in [-0.25, -0.2) is 10.2 Å². The van der Waals surface area contributed by atoms with Gasteiger partial charge in [-0.15, -0.1) is 0 Å². The zero-order valence-electron chi connectivity index (χ0n) is 21.7. The van der Waals surface area contributed by atoms with Crippen molar-refractivity contribution >= 4 is 41.3 Å². The van der Waals surface area contributed by atoms with Crippen molar-refractivity contribution in [3.63, 3.8) is 0 Å². The Kier molecular flexibility index (Phi) is 9.23. The summed E-state index contributed by atoms with van der Waals surface area (Å²) in [5.74, 6) is -1.57. The zero-order chi connectivity index (χ0) is 30.3. The Hall–Kier alpha value is -5.16. The Balaban J connectivity index is 1.38. The first-order valence-electron chi connectivity index (χ1n) is 12.1. The Morgan fingerprint density at radius 2 is 1.50 bits per heavy atom. The van der Waals surface area contributed by atoms with Crippen LogP contribution in [0.1, 0.15) is 42.2 Å². The highest BCUT2D eigenvalue weighted by Crippen LogP contribution is 2.30. The number of carbonyl (C=O) groups is 3. The maximum absolute atomic E-state index is 13.0. The number of hydrogen-bond acceptors (Lipinski definition) is 6. The SMILES string of the molecule is COc1cc(C=NNC(=O)c2cccc(NC(=O)c3cccc(C(F)(F)F)c3)c2)ccc1OC(=O)c1ccc(Cl)cc1. The van der Waals surface area contributed by atoms with Crippen LogP contribution in [0, 0.1) is 0 Å². The van der Waals surface area contributed by atoms with Crippen molar-refractivity contribution in [1.82, 2.24) is 5.43 Å². The first-order chi connectivity index (χ1) is 20.0. The first-order valence-corrected chi connectivity index (χ1v) is 12.5. The van der Waals surface area contributed by atoms with Crippen LogP contribution in [0.3, 0.4) is 0 Å². The quantitative estimate of drug-likeness (QED) is 0.103. The molecule has 0 heterocycles. The van der Waals surface area contributed by atoms with Gasteiger partial charge in [0.05, 0.1) is 24.5 Å². The van der Waals surface area contributed by atoms with Gasteiger partial charge in [-0.2, -0.15) is 18.3 Å². The van der Waals surface area contributed by atoms with Crippen molar-refractivity contribution in [3.8, 4) is 11.5 Å². The fraction of sp³-hybridized carbons (Fsp3) is 0.0667. The van der Waals surface area contributed by atoms with E-state index >= 15 is 0 Å². The van der Waals surface area contributed by atoms with Gasteiger partial charge < -0.3 is 14.8 Å². The van der Waals surface area contributed by atoms with Crippen LogP contribution in [0.4, 0.5) is 18.9 Å². The summed E-state index contributed by atoms with van der Waals surface area (Å²) in [6.45, 7) is 0. The highest BCUT2D eigenvalue weighted by Gasteiger charge is 2.31. The predicted molar refractivity (Wildman–Crippen MR) is 150 cm³/mol.